The Hall–Kier alpha value is -0.820. The molecule has 1 fully saturated rings. The molecule has 0 heterocycles. The van der Waals surface area contributed by atoms with Gasteiger partial charge in [-0.25, -0.2) is 0 Å². The van der Waals surface area contributed by atoms with E-state index in [-0.39, 0.29) is 5.92 Å². The van der Waals surface area contributed by atoms with Gasteiger partial charge in [-0.2, -0.15) is 0 Å². The smallest absolute Gasteiger partial charge is 0.140 e. The van der Waals surface area contributed by atoms with Crippen molar-refractivity contribution in [1.82, 2.24) is 0 Å². The van der Waals surface area contributed by atoms with Crippen LogP contribution in [0.5, 0.6) is 0 Å². The minimum atomic E-state index is 0.286. The van der Waals surface area contributed by atoms with Gasteiger partial charge in [0.1, 0.15) is 5.78 Å². The number of carbonyl (C=O) groups excluding carboxylic acids is 1. The first-order valence-corrected chi connectivity index (χ1v) is 6.30. The van der Waals surface area contributed by atoms with Crippen molar-refractivity contribution in [3.8, 4) is 0 Å². The molecule has 0 aromatic heterocycles. The van der Waals surface area contributed by atoms with Crippen LogP contribution in [0.15, 0.2) is 24.3 Å². The molecule has 2 heteroatoms. The summed E-state index contributed by atoms with van der Waals surface area (Å²) in [5, 5.41) is 0.713. The molecule has 0 N–H and O–H groups in total. The molecule has 1 aromatic rings. The number of carbonyl (C=O) groups is 1. The zero-order valence-corrected chi connectivity index (χ0v) is 10.3. The van der Waals surface area contributed by atoms with Crippen LogP contribution < -0.4 is 0 Å². The van der Waals surface area contributed by atoms with E-state index >= 15 is 0 Å². The third-order valence-corrected chi connectivity index (χ3v) is 3.65. The molecule has 2 atom stereocenters. The predicted octanol–water partition coefficient (Wildman–Crippen LogP) is 3.89. The van der Waals surface area contributed by atoms with E-state index in [9.17, 15) is 4.79 Å². The van der Waals surface area contributed by atoms with Crippen molar-refractivity contribution in [2.24, 2.45) is 11.8 Å². The maximum Gasteiger partial charge on any atom is 0.140 e. The molecule has 2 unspecified atom stereocenters. The SMILES string of the molecule is CC1CCC(C(=O)Cc2cccc(Cl)c2)C1. The Balaban J connectivity index is 1.97. The van der Waals surface area contributed by atoms with Gasteiger partial charge in [-0.05, 0) is 42.9 Å². The largest absolute Gasteiger partial charge is 0.299 e. The third kappa shape index (κ3) is 2.85. The van der Waals surface area contributed by atoms with Crippen LogP contribution in [0.4, 0.5) is 0 Å². The lowest BCUT2D eigenvalue weighted by Gasteiger charge is -2.08. The summed E-state index contributed by atoms with van der Waals surface area (Å²) >= 11 is 5.90. The van der Waals surface area contributed by atoms with Gasteiger partial charge in [0.05, 0.1) is 0 Å². The standard InChI is InChI=1S/C14H17ClO/c1-10-5-6-12(7-10)14(16)9-11-3-2-4-13(15)8-11/h2-4,8,10,12H,5-7,9H2,1H3. The van der Waals surface area contributed by atoms with Crippen LogP contribution in [-0.2, 0) is 11.2 Å². The topological polar surface area (TPSA) is 17.1 Å². The highest BCUT2D eigenvalue weighted by Gasteiger charge is 2.26. The lowest BCUT2D eigenvalue weighted by Crippen LogP contribution is -2.13. The first kappa shape index (κ1) is 11.7. The van der Waals surface area contributed by atoms with Gasteiger partial charge in [0.2, 0.25) is 0 Å². The molecule has 1 aromatic carbocycles. The van der Waals surface area contributed by atoms with Crippen LogP contribution in [0.2, 0.25) is 5.02 Å². The maximum atomic E-state index is 12.0. The molecule has 0 bridgehead atoms. The monoisotopic (exact) mass is 236 g/mol. The molecule has 16 heavy (non-hydrogen) atoms. The van der Waals surface area contributed by atoms with Gasteiger partial charge in [0.25, 0.3) is 0 Å². The second kappa shape index (κ2) is 5.01. The Kier molecular flexibility index (Phi) is 3.65. The predicted molar refractivity (Wildman–Crippen MR) is 66.7 cm³/mol. The number of halogens is 1. The van der Waals surface area contributed by atoms with Crippen molar-refractivity contribution in [3.05, 3.63) is 34.9 Å². The van der Waals surface area contributed by atoms with E-state index < -0.39 is 0 Å². The fourth-order valence-electron chi connectivity index (χ4n) is 2.49. The second-order valence-corrected chi connectivity index (χ2v) is 5.32. The molecule has 1 aliphatic rings. The van der Waals surface area contributed by atoms with Gasteiger partial charge in [-0.1, -0.05) is 30.7 Å². The molecule has 0 saturated heterocycles. The lowest BCUT2D eigenvalue weighted by atomic mass is 9.96. The highest BCUT2D eigenvalue weighted by Crippen LogP contribution is 2.31. The minimum Gasteiger partial charge on any atom is -0.299 e. The molecule has 0 amide bonds. The van der Waals surface area contributed by atoms with Crippen molar-refractivity contribution in [1.29, 1.82) is 0 Å². The second-order valence-electron chi connectivity index (χ2n) is 4.89. The van der Waals surface area contributed by atoms with E-state index in [2.05, 4.69) is 6.92 Å². The highest BCUT2D eigenvalue weighted by molar-refractivity contribution is 6.30. The number of ketones is 1. The minimum absolute atomic E-state index is 0.286. The van der Waals surface area contributed by atoms with Gasteiger partial charge in [-0.15, -0.1) is 0 Å². The van der Waals surface area contributed by atoms with Crippen LogP contribution in [0.25, 0.3) is 0 Å². The fourth-order valence-corrected chi connectivity index (χ4v) is 2.70. The van der Waals surface area contributed by atoms with Crippen molar-refractivity contribution in [2.75, 3.05) is 0 Å². The Morgan fingerprint density at radius 3 is 2.88 bits per heavy atom. The van der Waals surface area contributed by atoms with Gasteiger partial charge in [0, 0.05) is 17.4 Å². The third-order valence-electron chi connectivity index (χ3n) is 3.42. The van der Waals surface area contributed by atoms with Crippen molar-refractivity contribution < 1.29 is 4.79 Å². The average molecular weight is 237 g/mol. The van der Waals surface area contributed by atoms with Crippen molar-refractivity contribution >= 4 is 17.4 Å². The van der Waals surface area contributed by atoms with Crippen LogP contribution in [0, 0.1) is 11.8 Å². The molecule has 0 aliphatic heterocycles. The van der Waals surface area contributed by atoms with Gasteiger partial charge in [-0.3, -0.25) is 4.79 Å². The van der Waals surface area contributed by atoms with Gasteiger partial charge in [0.15, 0.2) is 0 Å². The molecule has 1 nitrogen and oxygen atoms in total. The molecule has 1 saturated carbocycles. The number of hydrogen-bond acceptors (Lipinski definition) is 1. The van der Waals surface area contributed by atoms with E-state index in [4.69, 9.17) is 11.6 Å². The van der Waals surface area contributed by atoms with Crippen molar-refractivity contribution in [2.45, 2.75) is 32.6 Å². The van der Waals surface area contributed by atoms with Gasteiger partial charge < -0.3 is 0 Å². The molecule has 86 valence electrons. The van der Waals surface area contributed by atoms with E-state index in [1.165, 1.54) is 6.42 Å². The summed E-state index contributed by atoms with van der Waals surface area (Å²) in [6.07, 6.45) is 3.88. The zero-order valence-electron chi connectivity index (χ0n) is 9.58. The van der Waals surface area contributed by atoms with E-state index in [0.717, 1.165) is 18.4 Å². The molecule has 0 spiro atoms. The highest BCUT2D eigenvalue weighted by atomic mass is 35.5. The summed E-state index contributed by atoms with van der Waals surface area (Å²) in [7, 11) is 0. The summed E-state index contributed by atoms with van der Waals surface area (Å²) in [5.41, 5.74) is 1.04. The lowest BCUT2D eigenvalue weighted by molar-refractivity contribution is -0.122. The number of hydrogen-bond donors (Lipinski definition) is 0. The van der Waals surface area contributed by atoms with Gasteiger partial charge >= 0.3 is 0 Å². The summed E-state index contributed by atoms with van der Waals surface area (Å²) in [6.45, 7) is 2.23. The number of rotatable bonds is 3. The molecule has 1 aliphatic carbocycles. The van der Waals surface area contributed by atoms with Crippen LogP contribution in [0.1, 0.15) is 31.7 Å². The molecular weight excluding hydrogens is 220 g/mol. The fraction of sp³-hybridized carbons (Fsp3) is 0.500. The quantitative estimate of drug-likeness (QED) is 0.778. The van der Waals surface area contributed by atoms with E-state index in [1.807, 2.05) is 24.3 Å². The Labute approximate surface area is 102 Å². The van der Waals surface area contributed by atoms with Crippen LogP contribution in [0.3, 0.4) is 0 Å². The average Bonchev–Trinajstić information content (AvgIpc) is 2.65. The Morgan fingerprint density at radius 1 is 1.44 bits per heavy atom. The Morgan fingerprint density at radius 2 is 2.25 bits per heavy atom. The Bertz CT molecular complexity index is 386. The maximum absolute atomic E-state index is 12.0. The molecule has 0 radical (unpaired) electrons. The van der Waals surface area contributed by atoms with E-state index in [1.54, 1.807) is 0 Å². The van der Waals surface area contributed by atoms with E-state index in [0.29, 0.717) is 23.1 Å². The summed E-state index contributed by atoms with van der Waals surface area (Å²) in [4.78, 5) is 12.0. The zero-order chi connectivity index (χ0) is 11.5. The number of Topliss-reactive ketones (excluding diaryl/α,β-unsaturated/α-hetero) is 1. The number of benzene rings is 1. The van der Waals surface area contributed by atoms with Crippen LogP contribution >= 0.6 is 11.6 Å². The first-order valence-electron chi connectivity index (χ1n) is 5.92. The molecule has 2 rings (SSSR count). The summed E-state index contributed by atoms with van der Waals surface area (Å²) in [6, 6.07) is 7.61. The summed E-state index contributed by atoms with van der Waals surface area (Å²) in [5.74, 6) is 1.38. The molecular formula is C14H17ClO. The van der Waals surface area contributed by atoms with Crippen LogP contribution in [-0.4, -0.2) is 5.78 Å². The summed E-state index contributed by atoms with van der Waals surface area (Å²) < 4.78 is 0. The van der Waals surface area contributed by atoms with Crippen molar-refractivity contribution in [3.63, 3.8) is 0 Å². The first-order chi connectivity index (χ1) is 7.65. The normalized spacial score (nSPS) is 24.6.